The minimum absolute atomic E-state index is 0.0444. The maximum absolute atomic E-state index is 13.1. The van der Waals surface area contributed by atoms with E-state index in [0.29, 0.717) is 34.9 Å². The molecule has 1 aromatic carbocycles. The van der Waals surface area contributed by atoms with Gasteiger partial charge in [-0.1, -0.05) is 18.5 Å². The summed E-state index contributed by atoms with van der Waals surface area (Å²) in [6.45, 7) is 5.82. The molecule has 0 aliphatic heterocycles. The summed E-state index contributed by atoms with van der Waals surface area (Å²) >= 11 is 0. The minimum atomic E-state index is -3.77. The van der Waals surface area contributed by atoms with Crippen LogP contribution in [0.15, 0.2) is 44.5 Å². The highest BCUT2D eigenvalue weighted by atomic mass is 32.2. The van der Waals surface area contributed by atoms with Crippen LogP contribution in [0.25, 0.3) is 16.9 Å². The first-order valence-corrected chi connectivity index (χ1v) is 11.3. The Labute approximate surface area is 181 Å². The summed E-state index contributed by atoms with van der Waals surface area (Å²) in [5.74, 6) is 0.700. The highest BCUT2D eigenvalue weighted by Gasteiger charge is 2.25. The molecule has 0 atom stereocenters. The zero-order valence-electron chi connectivity index (χ0n) is 18.2. The van der Waals surface area contributed by atoms with Crippen molar-refractivity contribution in [3.05, 3.63) is 52.1 Å². The highest BCUT2D eigenvalue weighted by molar-refractivity contribution is 7.89. The number of benzene rings is 1. The standard InChI is InChI=1S/C21H26N4O5S/c1-6-7-12-24(4)31(27,28)19-13-16(8-10-18(19)29-5)17-9-11-20(26)25(22-17)21-14(2)23-30-15(21)3/h8-11,13H,6-7,12H2,1-5H3. The van der Waals surface area contributed by atoms with Crippen LogP contribution in [0.1, 0.15) is 31.2 Å². The van der Waals surface area contributed by atoms with Crippen molar-refractivity contribution in [2.75, 3.05) is 20.7 Å². The molecule has 3 rings (SSSR count). The zero-order valence-corrected chi connectivity index (χ0v) is 19.1. The summed E-state index contributed by atoms with van der Waals surface area (Å²) < 4.78 is 39.3. The fourth-order valence-electron chi connectivity index (χ4n) is 3.21. The lowest BCUT2D eigenvalue weighted by Crippen LogP contribution is -2.28. The minimum Gasteiger partial charge on any atom is -0.495 e. The van der Waals surface area contributed by atoms with Gasteiger partial charge in [-0.05, 0) is 44.5 Å². The fourth-order valence-corrected chi connectivity index (χ4v) is 4.60. The number of unbranched alkanes of at least 4 members (excludes halogenated alkanes) is 1. The second kappa shape index (κ2) is 9.03. The number of aromatic nitrogens is 3. The SMILES string of the molecule is CCCCN(C)S(=O)(=O)c1cc(-c2ccc(=O)n(-c3c(C)noc3C)n2)ccc1OC. The van der Waals surface area contributed by atoms with E-state index in [4.69, 9.17) is 9.26 Å². The molecule has 0 amide bonds. The maximum atomic E-state index is 13.1. The van der Waals surface area contributed by atoms with E-state index in [1.54, 1.807) is 39.1 Å². The van der Waals surface area contributed by atoms with Gasteiger partial charge in [-0.25, -0.2) is 12.7 Å². The van der Waals surface area contributed by atoms with Crippen LogP contribution in [-0.4, -0.2) is 48.4 Å². The molecule has 0 N–H and O–H groups in total. The molecule has 0 aliphatic carbocycles. The monoisotopic (exact) mass is 446 g/mol. The molecule has 0 saturated carbocycles. The predicted molar refractivity (Wildman–Crippen MR) is 116 cm³/mol. The fraction of sp³-hybridized carbons (Fsp3) is 0.381. The van der Waals surface area contributed by atoms with E-state index >= 15 is 0 Å². The van der Waals surface area contributed by atoms with Gasteiger partial charge in [0.05, 0.1) is 12.8 Å². The maximum Gasteiger partial charge on any atom is 0.271 e. The second-order valence-corrected chi connectivity index (χ2v) is 9.20. The molecule has 0 unspecified atom stereocenters. The Balaban J connectivity index is 2.12. The molecule has 9 nitrogen and oxygen atoms in total. The van der Waals surface area contributed by atoms with Crippen molar-refractivity contribution in [2.24, 2.45) is 0 Å². The number of aryl methyl sites for hydroxylation is 2. The molecule has 0 aliphatic rings. The highest BCUT2D eigenvalue weighted by Crippen LogP contribution is 2.31. The Hall–Kier alpha value is -2.98. The van der Waals surface area contributed by atoms with Crippen LogP contribution in [0.4, 0.5) is 0 Å². The Morgan fingerprint density at radius 3 is 2.55 bits per heavy atom. The molecule has 10 heteroatoms. The summed E-state index contributed by atoms with van der Waals surface area (Å²) in [5.41, 5.74) is 1.60. The number of nitrogens with zero attached hydrogens (tertiary/aromatic N) is 4. The van der Waals surface area contributed by atoms with Crippen molar-refractivity contribution < 1.29 is 17.7 Å². The van der Waals surface area contributed by atoms with Crippen LogP contribution in [0.2, 0.25) is 0 Å². The molecule has 0 saturated heterocycles. The molecule has 0 spiro atoms. The van der Waals surface area contributed by atoms with Crippen molar-refractivity contribution in [3.63, 3.8) is 0 Å². The van der Waals surface area contributed by atoms with E-state index in [1.807, 2.05) is 6.92 Å². The topological polar surface area (TPSA) is 108 Å². The van der Waals surface area contributed by atoms with Crippen LogP contribution in [0.3, 0.4) is 0 Å². The number of rotatable bonds is 8. The van der Waals surface area contributed by atoms with Crippen molar-refractivity contribution in [1.29, 1.82) is 0 Å². The molecule has 166 valence electrons. The van der Waals surface area contributed by atoms with Gasteiger partial charge in [-0.15, -0.1) is 0 Å². The molecule has 31 heavy (non-hydrogen) atoms. The number of sulfonamides is 1. The van der Waals surface area contributed by atoms with E-state index < -0.39 is 10.0 Å². The van der Waals surface area contributed by atoms with E-state index in [0.717, 1.165) is 12.8 Å². The van der Waals surface area contributed by atoms with E-state index in [1.165, 1.54) is 28.2 Å². The summed E-state index contributed by atoms with van der Waals surface area (Å²) in [6.07, 6.45) is 1.63. The average molecular weight is 447 g/mol. The van der Waals surface area contributed by atoms with Crippen LogP contribution in [-0.2, 0) is 10.0 Å². The molecular formula is C21H26N4O5S. The van der Waals surface area contributed by atoms with Gasteiger partial charge in [0.1, 0.15) is 22.0 Å². The molecule has 2 heterocycles. The van der Waals surface area contributed by atoms with Gasteiger partial charge in [-0.3, -0.25) is 4.79 Å². The number of hydrogen-bond acceptors (Lipinski definition) is 7. The first kappa shape index (κ1) is 22.7. The lowest BCUT2D eigenvalue weighted by Gasteiger charge is -2.19. The third kappa shape index (κ3) is 4.40. The first-order chi connectivity index (χ1) is 14.7. The zero-order chi connectivity index (χ0) is 22.8. The first-order valence-electron chi connectivity index (χ1n) is 9.89. The Bertz CT molecular complexity index is 1230. The van der Waals surface area contributed by atoms with E-state index in [-0.39, 0.29) is 16.2 Å². The summed E-state index contributed by atoms with van der Waals surface area (Å²) in [7, 11) is -0.797. The molecule has 0 bridgehead atoms. The molecular weight excluding hydrogens is 420 g/mol. The van der Waals surface area contributed by atoms with Crippen LogP contribution < -0.4 is 10.3 Å². The van der Waals surface area contributed by atoms with Gasteiger partial charge in [-0.2, -0.15) is 9.78 Å². The summed E-state index contributed by atoms with van der Waals surface area (Å²) in [4.78, 5) is 12.5. The van der Waals surface area contributed by atoms with Crippen molar-refractivity contribution in [3.8, 4) is 22.7 Å². The van der Waals surface area contributed by atoms with E-state index in [9.17, 15) is 13.2 Å². The molecule has 2 aromatic heterocycles. The van der Waals surface area contributed by atoms with Gasteiger partial charge >= 0.3 is 0 Å². The van der Waals surface area contributed by atoms with Gasteiger partial charge in [0.2, 0.25) is 10.0 Å². The number of methoxy groups -OCH3 is 1. The Morgan fingerprint density at radius 1 is 1.19 bits per heavy atom. The Kier molecular flexibility index (Phi) is 6.61. The van der Waals surface area contributed by atoms with Crippen molar-refractivity contribution >= 4 is 10.0 Å². The van der Waals surface area contributed by atoms with Crippen LogP contribution in [0, 0.1) is 13.8 Å². The Morgan fingerprint density at radius 2 is 1.94 bits per heavy atom. The lowest BCUT2D eigenvalue weighted by atomic mass is 10.1. The molecule has 0 fully saturated rings. The predicted octanol–water partition coefficient (Wildman–Crippen LogP) is 2.93. The summed E-state index contributed by atoms with van der Waals surface area (Å²) in [5, 5.41) is 8.31. The third-order valence-electron chi connectivity index (χ3n) is 4.98. The number of hydrogen-bond donors (Lipinski definition) is 0. The molecule has 3 aromatic rings. The van der Waals surface area contributed by atoms with Gasteiger partial charge in [0.25, 0.3) is 5.56 Å². The third-order valence-corrected chi connectivity index (χ3v) is 6.86. The smallest absolute Gasteiger partial charge is 0.271 e. The van der Waals surface area contributed by atoms with Crippen molar-refractivity contribution in [1.82, 2.24) is 19.2 Å². The normalized spacial score (nSPS) is 11.8. The van der Waals surface area contributed by atoms with Gasteiger partial charge < -0.3 is 9.26 Å². The second-order valence-electron chi connectivity index (χ2n) is 7.19. The molecule has 0 radical (unpaired) electrons. The largest absolute Gasteiger partial charge is 0.495 e. The van der Waals surface area contributed by atoms with E-state index in [2.05, 4.69) is 10.3 Å². The summed E-state index contributed by atoms with van der Waals surface area (Å²) in [6, 6.07) is 7.73. The lowest BCUT2D eigenvalue weighted by molar-refractivity contribution is 0.392. The van der Waals surface area contributed by atoms with Gasteiger partial charge in [0, 0.05) is 25.2 Å². The van der Waals surface area contributed by atoms with Crippen molar-refractivity contribution in [2.45, 2.75) is 38.5 Å². The van der Waals surface area contributed by atoms with Crippen LogP contribution in [0.5, 0.6) is 5.75 Å². The van der Waals surface area contributed by atoms with Crippen LogP contribution >= 0.6 is 0 Å². The quantitative estimate of drug-likeness (QED) is 0.523. The number of ether oxygens (including phenoxy) is 1. The van der Waals surface area contributed by atoms with Gasteiger partial charge in [0.15, 0.2) is 5.76 Å². The average Bonchev–Trinajstić information content (AvgIpc) is 3.09.